The molecule has 1 N–H and O–H groups in total. The quantitative estimate of drug-likeness (QED) is 0.545. The van der Waals surface area contributed by atoms with Gasteiger partial charge in [-0.25, -0.2) is 0 Å². The molecule has 4 aromatic rings. The van der Waals surface area contributed by atoms with Gasteiger partial charge in [0.15, 0.2) is 0 Å². The van der Waals surface area contributed by atoms with E-state index in [1.807, 2.05) is 12.1 Å². The van der Waals surface area contributed by atoms with Crippen LogP contribution in [0, 0.1) is 6.92 Å². The summed E-state index contributed by atoms with van der Waals surface area (Å²) in [4.78, 5) is 24.7. The molecule has 140 valence electrons. The summed E-state index contributed by atoms with van der Waals surface area (Å²) in [5.74, 6) is 1.67. The summed E-state index contributed by atoms with van der Waals surface area (Å²) < 4.78 is 10.2. The maximum atomic E-state index is 12.3. The molecule has 9 heteroatoms. The van der Waals surface area contributed by atoms with Crippen LogP contribution in [0.4, 0.5) is 5.69 Å². The Hall–Kier alpha value is -3.88. The molecule has 0 radical (unpaired) electrons. The van der Waals surface area contributed by atoms with Gasteiger partial charge in [0.2, 0.25) is 29.3 Å². The van der Waals surface area contributed by atoms with Crippen molar-refractivity contribution in [2.45, 2.75) is 19.8 Å². The van der Waals surface area contributed by atoms with Crippen molar-refractivity contribution in [3.05, 3.63) is 60.6 Å². The third-order valence-electron chi connectivity index (χ3n) is 3.90. The van der Waals surface area contributed by atoms with Crippen LogP contribution in [0.3, 0.4) is 0 Å². The smallest absolute Gasteiger partial charge is 0.227 e. The zero-order chi connectivity index (χ0) is 19.3. The molecule has 4 rings (SSSR count). The zero-order valence-corrected chi connectivity index (χ0v) is 15.0. The highest BCUT2D eigenvalue weighted by Gasteiger charge is 2.12. The van der Waals surface area contributed by atoms with Crippen molar-refractivity contribution in [3.8, 4) is 22.8 Å². The van der Waals surface area contributed by atoms with Crippen molar-refractivity contribution >= 4 is 11.6 Å². The number of hydrogen-bond donors (Lipinski definition) is 1. The van der Waals surface area contributed by atoms with E-state index in [4.69, 9.17) is 9.05 Å². The fraction of sp³-hybridized carbons (Fsp3) is 0.158. The summed E-state index contributed by atoms with van der Waals surface area (Å²) in [6.07, 6.45) is 3.86. The lowest BCUT2D eigenvalue weighted by atomic mass is 10.2. The molecule has 3 heterocycles. The molecule has 1 aromatic carbocycles. The van der Waals surface area contributed by atoms with E-state index >= 15 is 0 Å². The number of carbonyl (C=O) groups excluding carboxylic acids is 1. The van der Waals surface area contributed by atoms with Gasteiger partial charge in [0, 0.05) is 49.0 Å². The van der Waals surface area contributed by atoms with Crippen molar-refractivity contribution in [1.82, 2.24) is 25.3 Å². The minimum atomic E-state index is -0.162. The lowest BCUT2D eigenvalue weighted by molar-refractivity contribution is -0.116. The van der Waals surface area contributed by atoms with Gasteiger partial charge in [-0.1, -0.05) is 22.4 Å². The van der Waals surface area contributed by atoms with Gasteiger partial charge in [0.05, 0.1) is 0 Å². The summed E-state index contributed by atoms with van der Waals surface area (Å²) in [5, 5.41) is 10.7. The first-order valence-corrected chi connectivity index (χ1v) is 8.61. The van der Waals surface area contributed by atoms with Crippen molar-refractivity contribution in [2.75, 3.05) is 5.32 Å². The molecule has 0 saturated carbocycles. The summed E-state index contributed by atoms with van der Waals surface area (Å²) in [7, 11) is 0. The molecular formula is C19H16N6O3. The Balaban J connectivity index is 1.36. The molecule has 0 atom stereocenters. The second-order valence-corrected chi connectivity index (χ2v) is 6.01. The molecule has 9 nitrogen and oxygen atoms in total. The Morgan fingerprint density at radius 2 is 1.79 bits per heavy atom. The molecule has 0 aliphatic heterocycles. The second kappa shape index (κ2) is 7.78. The molecule has 3 aromatic heterocycles. The fourth-order valence-electron chi connectivity index (χ4n) is 2.57. The third-order valence-corrected chi connectivity index (χ3v) is 3.90. The molecule has 0 spiro atoms. The Kier molecular flexibility index (Phi) is 4.87. The number of nitrogens with one attached hydrogen (secondary N) is 1. The van der Waals surface area contributed by atoms with E-state index < -0.39 is 0 Å². The average molecular weight is 376 g/mol. The number of pyridine rings is 1. The van der Waals surface area contributed by atoms with E-state index in [9.17, 15) is 4.79 Å². The lowest BCUT2D eigenvalue weighted by Crippen LogP contribution is -2.12. The number of aryl methyl sites for hydroxylation is 2. The van der Waals surface area contributed by atoms with Crippen LogP contribution in [-0.4, -0.2) is 31.2 Å². The minimum absolute atomic E-state index is 0.162. The summed E-state index contributed by atoms with van der Waals surface area (Å²) in [5.41, 5.74) is 2.21. The first-order chi connectivity index (χ1) is 13.7. The van der Waals surface area contributed by atoms with Gasteiger partial charge in [0.1, 0.15) is 0 Å². The van der Waals surface area contributed by atoms with Gasteiger partial charge in [-0.2, -0.15) is 9.97 Å². The predicted molar refractivity (Wildman–Crippen MR) is 99.0 cm³/mol. The van der Waals surface area contributed by atoms with Gasteiger partial charge in [-0.3, -0.25) is 9.78 Å². The van der Waals surface area contributed by atoms with Crippen molar-refractivity contribution in [2.24, 2.45) is 0 Å². The Labute approximate surface area is 159 Å². The van der Waals surface area contributed by atoms with Gasteiger partial charge < -0.3 is 14.4 Å². The van der Waals surface area contributed by atoms with Gasteiger partial charge in [-0.15, -0.1) is 0 Å². The standard InChI is InChI=1S/C19H16N6O3/c1-12-21-19(24-27-12)14-3-2-4-15(11-14)22-16(26)5-6-17-23-18(25-28-17)13-7-9-20-10-8-13/h2-4,7-11H,5-6H2,1H3,(H,22,26). The number of hydrogen-bond acceptors (Lipinski definition) is 8. The van der Waals surface area contributed by atoms with Crippen molar-refractivity contribution < 1.29 is 13.8 Å². The Morgan fingerprint density at radius 3 is 2.57 bits per heavy atom. The second-order valence-electron chi connectivity index (χ2n) is 6.01. The highest BCUT2D eigenvalue weighted by molar-refractivity contribution is 5.91. The first kappa shape index (κ1) is 17.5. The maximum Gasteiger partial charge on any atom is 0.227 e. The van der Waals surface area contributed by atoms with Gasteiger partial charge in [0.25, 0.3) is 0 Å². The Bertz CT molecular complexity index is 1090. The van der Waals surface area contributed by atoms with Crippen molar-refractivity contribution in [1.29, 1.82) is 0 Å². The summed E-state index contributed by atoms with van der Waals surface area (Å²) in [6, 6.07) is 10.8. The summed E-state index contributed by atoms with van der Waals surface area (Å²) >= 11 is 0. The van der Waals surface area contributed by atoms with Crippen LogP contribution in [-0.2, 0) is 11.2 Å². The maximum absolute atomic E-state index is 12.3. The van der Waals surface area contributed by atoms with E-state index in [2.05, 4.69) is 30.6 Å². The number of rotatable bonds is 6. The van der Waals surface area contributed by atoms with Crippen LogP contribution in [0.5, 0.6) is 0 Å². The highest BCUT2D eigenvalue weighted by Crippen LogP contribution is 2.20. The van der Waals surface area contributed by atoms with E-state index in [-0.39, 0.29) is 12.3 Å². The SMILES string of the molecule is Cc1nc(-c2cccc(NC(=O)CCc3nc(-c4ccncc4)no3)c2)no1. The molecule has 0 aliphatic rings. The van der Waals surface area contributed by atoms with Gasteiger partial charge in [-0.05, 0) is 24.3 Å². The fourth-order valence-corrected chi connectivity index (χ4v) is 2.57. The normalized spacial score (nSPS) is 10.8. The molecule has 1 amide bonds. The number of anilines is 1. The minimum Gasteiger partial charge on any atom is -0.339 e. The topological polar surface area (TPSA) is 120 Å². The highest BCUT2D eigenvalue weighted by atomic mass is 16.5. The van der Waals surface area contributed by atoms with Crippen LogP contribution in [0.25, 0.3) is 22.8 Å². The molecule has 0 saturated heterocycles. The number of carbonyl (C=O) groups is 1. The number of nitrogens with zero attached hydrogens (tertiary/aromatic N) is 5. The number of benzene rings is 1. The van der Waals surface area contributed by atoms with Gasteiger partial charge >= 0.3 is 0 Å². The van der Waals surface area contributed by atoms with E-state index in [1.54, 1.807) is 43.6 Å². The zero-order valence-electron chi connectivity index (χ0n) is 15.0. The van der Waals surface area contributed by atoms with Crippen LogP contribution in [0.2, 0.25) is 0 Å². The monoisotopic (exact) mass is 376 g/mol. The van der Waals surface area contributed by atoms with Crippen LogP contribution < -0.4 is 5.32 Å². The van der Waals surface area contributed by atoms with Crippen LogP contribution in [0.1, 0.15) is 18.2 Å². The first-order valence-electron chi connectivity index (χ1n) is 8.61. The largest absolute Gasteiger partial charge is 0.339 e. The lowest BCUT2D eigenvalue weighted by Gasteiger charge is -2.05. The molecule has 0 fully saturated rings. The van der Waals surface area contributed by atoms with E-state index in [0.29, 0.717) is 35.5 Å². The Morgan fingerprint density at radius 1 is 1.00 bits per heavy atom. The summed E-state index contributed by atoms with van der Waals surface area (Å²) in [6.45, 7) is 1.72. The van der Waals surface area contributed by atoms with Crippen LogP contribution >= 0.6 is 0 Å². The molecule has 28 heavy (non-hydrogen) atoms. The van der Waals surface area contributed by atoms with E-state index in [1.165, 1.54) is 0 Å². The number of aromatic nitrogens is 5. The predicted octanol–water partition coefficient (Wildman–Crippen LogP) is 3.06. The molecular weight excluding hydrogens is 360 g/mol. The third kappa shape index (κ3) is 4.09. The molecule has 0 aliphatic carbocycles. The van der Waals surface area contributed by atoms with E-state index in [0.717, 1.165) is 11.1 Å². The molecule has 0 bridgehead atoms. The average Bonchev–Trinajstić information content (AvgIpc) is 3.36. The van der Waals surface area contributed by atoms with Crippen LogP contribution in [0.15, 0.2) is 57.8 Å². The molecule has 0 unspecified atom stereocenters. The number of amides is 1. The van der Waals surface area contributed by atoms with Crippen molar-refractivity contribution in [3.63, 3.8) is 0 Å².